The standard InChI is InChI=1S/C26H20ClF3N2O/c27-19-6-2-1-5-18(19)16-13-22-24(23(33)14-16)25(32-21-8-4-3-7-20(21)31-22)15-9-11-17(12-10-15)26(28,29)30/h1-12,16,25,31-32H,13-14H2. The molecule has 168 valence electrons. The molecular formula is C26H20ClF3N2O. The molecule has 0 saturated heterocycles. The quantitative estimate of drug-likeness (QED) is 0.413. The molecule has 2 atom stereocenters. The first-order valence-electron chi connectivity index (χ1n) is 10.6. The van der Waals surface area contributed by atoms with Gasteiger partial charge in [0.25, 0.3) is 0 Å². The minimum absolute atomic E-state index is 0.0566. The SMILES string of the molecule is O=C1CC(c2ccccc2Cl)CC2=C1C(c1ccc(C(F)(F)F)cc1)Nc1ccccc1N2. The third kappa shape index (κ3) is 4.11. The number of anilines is 2. The highest BCUT2D eigenvalue weighted by Gasteiger charge is 2.37. The lowest BCUT2D eigenvalue weighted by Gasteiger charge is -2.30. The zero-order valence-electron chi connectivity index (χ0n) is 17.4. The van der Waals surface area contributed by atoms with Gasteiger partial charge in [0.15, 0.2) is 5.78 Å². The van der Waals surface area contributed by atoms with Gasteiger partial charge in [-0.05, 0) is 53.8 Å². The average Bonchev–Trinajstić information content (AvgIpc) is 2.96. The summed E-state index contributed by atoms with van der Waals surface area (Å²) < 4.78 is 39.3. The molecule has 7 heteroatoms. The van der Waals surface area contributed by atoms with Gasteiger partial charge >= 0.3 is 6.18 Å². The van der Waals surface area contributed by atoms with Gasteiger partial charge in [0, 0.05) is 22.7 Å². The molecule has 0 radical (unpaired) electrons. The maximum absolute atomic E-state index is 13.5. The second kappa shape index (κ2) is 8.27. The molecule has 3 aromatic carbocycles. The maximum Gasteiger partial charge on any atom is 0.416 e. The number of nitrogens with one attached hydrogen (secondary N) is 2. The highest BCUT2D eigenvalue weighted by atomic mass is 35.5. The van der Waals surface area contributed by atoms with Crippen molar-refractivity contribution in [1.82, 2.24) is 0 Å². The number of hydrogen-bond donors (Lipinski definition) is 2. The lowest BCUT2D eigenvalue weighted by atomic mass is 9.78. The third-order valence-electron chi connectivity index (χ3n) is 6.23. The maximum atomic E-state index is 13.5. The summed E-state index contributed by atoms with van der Waals surface area (Å²) in [6.07, 6.45) is -3.58. The summed E-state index contributed by atoms with van der Waals surface area (Å²) in [5.41, 5.74) is 3.69. The number of carbonyl (C=O) groups is 1. The fraction of sp³-hybridized carbons (Fsp3) is 0.192. The summed E-state index contributed by atoms with van der Waals surface area (Å²) in [7, 11) is 0. The van der Waals surface area contributed by atoms with Crippen molar-refractivity contribution in [1.29, 1.82) is 0 Å². The Balaban J connectivity index is 1.59. The summed E-state index contributed by atoms with van der Waals surface area (Å²) in [5, 5.41) is 7.42. The highest BCUT2D eigenvalue weighted by Crippen LogP contribution is 2.45. The smallest absolute Gasteiger partial charge is 0.372 e. The van der Waals surface area contributed by atoms with Gasteiger partial charge in [-0.25, -0.2) is 0 Å². The van der Waals surface area contributed by atoms with E-state index in [1.165, 1.54) is 12.1 Å². The van der Waals surface area contributed by atoms with Crippen molar-refractivity contribution in [3.8, 4) is 0 Å². The van der Waals surface area contributed by atoms with E-state index in [9.17, 15) is 18.0 Å². The highest BCUT2D eigenvalue weighted by molar-refractivity contribution is 6.31. The molecule has 0 aromatic heterocycles. The van der Waals surface area contributed by atoms with Crippen LogP contribution in [0, 0.1) is 0 Å². The minimum Gasteiger partial charge on any atom is -0.372 e. The molecule has 3 aromatic rings. The molecule has 1 aliphatic carbocycles. The van der Waals surface area contributed by atoms with E-state index in [0.29, 0.717) is 22.6 Å². The molecule has 33 heavy (non-hydrogen) atoms. The molecule has 0 amide bonds. The Kier molecular flexibility index (Phi) is 5.41. The van der Waals surface area contributed by atoms with E-state index in [1.807, 2.05) is 48.5 Å². The normalized spacial score (nSPS) is 20.3. The Hall–Kier alpha value is -3.25. The van der Waals surface area contributed by atoms with Crippen LogP contribution < -0.4 is 10.6 Å². The Bertz CT molecular complexity index is 1250. The second-order valence-electron chi connectivity index (χ2n) is 8.31. The predicted molar refractivity (Wildman–Crippen MR) is 123 cm³/mol. The zero-order valence-corrected chi connectivity index (χ0v) is 18.2. The largest absolute Gasteiger partial charge is 0.416 e. The number of halogens is 4. The number of allylic oxidation sites excluding steroid dienone is 1. The molecule has 3 nitrogen and oxygen atoms in total. The molecule has 0 spiro atoms. The first kappa shape index (κ1) is 21.6. The van der Waals surface area contributed by atoms with Gasteiger partial charge in [-0.1, -0.05) is 54.1 Å². The number of ketones is 1. The number of para-hydroxylation sites is 2. The van der Waals surface area contributed by atoms with Gasteiger partial charge in [0.1, 0.15) is 0 Å². The fourth-order valence-electron chi connectivity index (χ4n) is 4.63. The lowest BCUT2D eigenvalue weighted by molar-refractivity contribution is -0.137. The fourth-order valence-corrected chi connectivity index (χ4v) is 4.92. The molecule has 2 unspecified atom stereocenters. The van der Waals surface area contributed by atoms with Crippen molar-refractivity contribution in [2.75, 3.05) is 10.6 Å². The van der Waals surface area contributed by atoms with Gasteiger partial charge in [-0.15, -0.1) is 0 Å². The van der Waals surface area contributed by atoms with Crippen molar-refractivity contribution >= 4 is 28.8 Å². The molecule has 0 fully saturated rings. The van der Waals surface area contributed by atoms with Crippen LogP contribution in [-0.4, -0.2) is 5.78 Å². The number of rotatable bonds is 2. The van der Waals surface area contributed by atoms with Crippen LogP contribution in [-0.2, 0) is 11.0 Å². The van der Waals surface area contributed by atoms with E-state index in [4.69, 9.17) is 11.6 Å². The summed E-state index contributed by atoms with van der Waals surface area (Å²) in [4.78, 5) is 13.5. The Morgan fingerprint density at radius 1 is 0.848 bits per heavy atom. The van der Waals surface area contributed by atoms with Crippen molar-refractivity contribution < 1.29 is 18.0 Å². The first-order chi connectivity index (χ1) is 15.8. The van der Waals surface area contributed by atoms with Gasteiger partial charge in [0.05, 0.1) is 23.0 Å². The number of alkyl halides is 3. The number of fused-ring (bicyclic) bond motifs is 1. The van der Waals surface area contributed by atoms with Gasteiger partial charge < -0.3 is 10.6 Å². The third-order valence-corrected chi connectivity index (χ3v) is 6.57. The summed E-state index contributed by atoms with van der Waals surface area (Å²) in [6, 6.07) is 19.5. The monoisotopic (exact) mass is 468 g/mol. The van der Waals surface area contributed by atoms with Crippen molar-refractivity contribution in [2.24, 2.45) is 0 Å². The minimum atomic E-state index is -4.42. The zero-order chi connectivity index (χ0) is 23.2. The van der Waals surface area contributed by atoms with Crippen LogP contribution in [0.1, 0.15) is 41.5 Å². The molecule has 1 heterocycles. The number of carbonyl (C=O) groups excluding carboxylic acids is 1. The number of hydrogen-bond acceptors (Lipinski definition) is 3. The van der Waals surface area contributed by atoms with Crippen LogP contribution in [0.4, 0.5) is 24.5 Å². The van der Waals surface area contributed by atoms with Gasteiger partial charge in [-0.2, -0.15) is 13.2 Å². The van der Waals surface area contributed by atoms with E-state index >= 15 is 0 Å². The van der Waals surface area contributed by atoms with E-state index in [0.717, 1.165) is 34.8 Å². The van der Waals surface area contributed by atoms with Crippen molar-refractivity contribution in [3.63, 3.8) is 0 Å². The Morgan fingerprint density at radius 2 is 1.52 bits per heavy atom. The van der Waals surface area contributed by atoms with Crippen molar-refractivity contribution in [3.05, 3.63) is 106 Å². The average molecular weight is 469 g/mol. The van der Waals surface area contributed by atoms with Crippen LogP contribution >= 0.6 is 11.6 Å². The first-order valence-corrected chi connectivity index (χ1v) is 11.0. The molecule has 0 saturated carbocycles. The molecule has 5 rings (SSSR count). The van der Waals surface area contributed by atoms with Crippen LogP contribution in [0.5, 0.6) is 0 Å². The number of benzene rings is 3. The van der Waals surface area contributed by atoms with E-state index in [-0.39, 0.29) is 18.1 Å². The van der Waals surface area contributed by atoms with Gasteiger partial charge in [0.2, 0.25) is 0 Å². The second-order valence-corrected chi connectivity index (χ2v) is 8.72. The molecule has 2 N–H and O–H groups in total. The molecule has 1 aliphatic heterocycles. The molecule has 0 bridgehead atoms. The molecular weight excluding hydrogens is 449 g/mol. The van der Waals surface area contributed by atoms with E-state index in [1.54, 1.807) is 0 Å². The molecule has 2 aliphatic rings. The lowest BCUT2D eigenvalue weighted by Crippen LogP contribution is -2.27. The number of Topliss-reactive ketones (excluding diaryl/α,β-unsaturated/α-hetero) is 1. The summed E-state index contributed by atoms with van der Waals surface area (Å²) in [6.45, 7) is 0. The topological polar surface area (TPSA) is 41.1 Å². The van der Waals surface area contributed by atoms with Crippen molar-refractivity contribution in [2.45, 2.75) is 31.0 Å². The Morgan fingerprint density at radius 3 is 2.21 bits per heavy atom. The van der Waals surface area contributed by atoms with Crippen LogP contribution in [0.3, 0.4) is 0 Å². The van der Waals surface area contributed by atoms with E-state index < -0.39 is 17.8 Å². The predicted octanol–water partition coefficient (Wildman–Crippen LogP) is 7.34. The van der Waals surface area contributed by atoms with Crippen LogP contribution in [0.15, 0.2) is 84.1 Å². The Labute approximate surface area is 194 Å². The van der Waals surface area contributed by atoms with E-state index in [2.05, 4.69) is 10.6 Å². The van der Waals surface area contributed by atoms with Crippen LogP contribution in [0.2, 0.25) is 5.02 Å². The van der Waals surface area contributed by atoms with Gasteiger partial charge in [-0.3, -0.25) is 4.79 Å². The summed E-state index contributed by atoms with van der Waals surface area (Å²) >= 11 is 6.42. The summed E-state index contributed by atoms with van der Waals surface area (Å²) in [5.74, 6) is -0.144. The van der Waals surface area contributed by atoms with Crippen LogP contribution in [0.25, 0.3) is 0 Å².